The first-order valence-corrected chi connectivity index (χ1v) is 10.9. The number of ether oxygens (including phenoxy) is 1. The third kappa shape index (κ3) is 6.16. The fraction of sp³-hybridized carbons (Fsp3) is 0.364. The second-order valence-electron chi connectivity index (χ2n) is 6.94. The highest BCUT2D eigenvalue weighted by atomic mass is 32.2. The largest absolute Gasteiger partial charge is 0.494 e. The lowest BCUT2D eigenvalue weighted by Crippen LogP contribution is -2.51. The van der Waals surface area contributed by atoms with Crippen LogP contribution in [0, 0.1) is 0 Å². The number of halogens is 3. The van der Waals surface area contributed by atoms with Gasteiger partial charge < -0.3 is 14.5 Å². The number of carbonyl (C=O) groups excluding carboxylic acids is 2. The third-order valence-electron chi connectivity index (χ3n) is 4.85. The molecule has 1 fully saturated rings. The maximum atomic E-state index is 12.9. The van der Waals surface area contributed by atoms with Gasteiger partial charge in [0.25, 0.3) is 5.91 Å². The summed E-state index contributed by atoms with van der Waals surface area (Å²) >= 11 is 1.42. The molecule has 0 bridgehead atoms. The van der Waals surface area contributed by atoms with E-state index in [0.717, 1.165) is 22.8 Å². The van der Waals surface area contributed by atoms with Crippen LogP contribution in [0.4, 0.5) is 13.2 Å². The Bertz CT molecular complexity index is 911. The molecule has 2 amide bonds. The summed E-state index contributed by atoms with van der Waals surface area (Å²) in [6, 6.07) is 11.9. The molecule has 0 unspecified atom stereocenters. The van der Waals surface area contributed by atoms with E-state index in [4.69, 9.17) is 4.74 Å². The Labute approximate surface area is 183 Å². The molecule has 1 saturated heterocycles. The first-order chi connectivity index (χ1) is 14.8. The molecule has 0 radical (unpaired) electrons. The van der Waals surface area contributed by atoms with Crippen molar-refractivity contribution in [2.45, 2.75) is 18.0 Å². The number of rotatable bonds is 6. The van der Waals surface area contributed by atoms with Crippen LogP contribution in [-0.4, -0.2) is 60.2 Å². The zero-order valence-electron chi connectivity index (χ0n) is 17.0. The molecule has 1 aliphatic rings. The van der Waals surface area contributed by atoms with E-state index in [2.05, 4.69) is 0 Å². The van der Waals surface area contributed by atoms with Gasteiger partial charge in [0.2, 0.25) is 5.91 Å². The van der Waals surface area contributed by atoms with Crippen LogP contribution in [0.25, 0.3) is 0 Å². The summed E-state index contributed by atoms with van der Waals surface area (Å²) in [7, 11) is 0. The number of nitrogens with zero attached hydrogens (tertiary/aromatic N) is 2. The monoisotopic (exact) mass is 452 g/mol. The van der Waals surface area contributed by atoms with Crippen LogP contribution in [0.3, 0.4) is 0 Å². The predicted molar refractivity (Wildman–Crippen MR) is 112 cm³/mol. The minimum absolute atomic E-state index is 0.000608. The number of thioether (sulfide) groups is 1. The highest BCUT2D eigenvalue weighted by Crippen LogP contribution is 2.30. The first kappa shape index (κ1) is 23.0. The number of carbonyl (C=O) groups is 2. The van der Waals surface area contributed by atoms with Gasteiger partial charge in [-0.3, -0.25) is 9.59 Å². The molecule has 0 aliphatic carbocycles. The highest BCUT2D eigenvalue weighted by Gasteiger charge is 2.32. The molecular weight excluding hydrogens is 429 g/mol. The Kier molecular flexibility index (Phi) is 7.48. The number of amides is 2. The Morgan fingerprint density at radius 3 is 2.26 bits per heavy atom. The van der Waals surface area contributed by atoms with E-state index in [1.807, 2.05) is 31.2 Å². The SMILES string of the molecule is CCOc1ccc(SCC(=O)N2CCN(C(=O)c3cccc(C(F)(F)F)c3)CC2)cc1. The lowest BCUT2D eigenvalue weighted by Gasteiger charge is -2.35. The van der Waals surface area contributed by atoms with Crippen molar-refractivity contribution in [1.82, 2.24) is 9.80 Å². The molecule has 1 heterocycles. The lowest BCUT2D eigenvalue weighted by molar-refractivity contribution is -0.137. The Balaban J connectivity index is 1.49. The fourth-order valence-corrected chi connectivity index (χ4v) is 4.01. The standard InChI is InChI=1S/C22H23F3N2O3S/c1-2-30-18-6-8-19(9-7-18)31-15-20(28)26-10-12-27(13-11-26)21(29)16-4-3-5-17(14-16)22(23,24)25/h3-9,14H,2,10-13,15H2,1H3. The van der Waals surface area contributed by atoms with Crippen LogP contribution in [0.5, 0.6) is 5.75 Å². The van der Waals surface area contributed by atoms with Gasteiger partial charge in [0.15, 0.2) is 0 Å². The second kappa shape index (κ2) is 10.1. The fourth-order valence-electron chi connectivity index (χ4n) is 3.21. The van der Waals surface area contributed by atoms with Gasteiger partial charge in [0, 0.05) is 36.6 Å². The lowest BCUT2D eigenvalue weighted by atomic mass is 10.1. The van der Waals surface area contributed by atoms with Crippen LogP contribution in [0.1, 0.15) is 22.8 Å². The smallest absolute Gasteiger partial charge is 0.416 e. The van der Waals surface area contributed by atoms with Gasteiger partial charge in [-0.15, -0.1) is 11.8 Å². The zero-order chi connectivity index (χ0) is 22.4. The molecular formula is C22H23F3N2O3S. The molecule has 0 spiro atoms. The summed E-state index contributed by atoms with van der Waals surface area (Å²) in [6.07, 6.45) is -4.50. The summed E-state index contributed by atoms with van der Waals surface area (Å²) in [5.74, 6) is 0.557. The maximum Gasteiger partial charge on any atom is 0.416 e. The van der Waals surface area contributed by atoms with E-state index in [1.54, 1.807) is 4.90 Å². The van der Waals surface area contributed by atoms with Crippen molar-refractivity contribution in [3.05, 3.63) is 59.7 Å². The van der Waals surface area contributed by atoms with Crippen molar-refractivity contribution < 1.29 is 27.5 Å². The molecule has 2 aromatic carbocycles. The van der Waals surface area contributed by atoms with Crippen LogP contribution >= 0.6 is 11.8 Å². The molecule has 0 N–H and O–H groups in total. The van der Waals surface area contributed by atoms with Crippen LogP contribution in [0.2, 0.25) is 0 Å². The Morgan fingerprint density at radius 2 is 1.65 bits per heavy atom. The van der Waals surface area contributed by atoms with Gasteiger partial charge in [-0.1, -0.05) is 6.07 Å². The van der Waals surface area contributed by atoms with Crippen LogP contribution in [0.15, 0.2) is 53.4 Å². The topological polar surface area (TPSA) is 49.9 Å². The molecule has 31 heavy (non-hydrogen) atoms. The maximum absolute atomic E-state index is 12.9. The van der Waals surface area contributed by atoms with Crippen molar-refractivity contribution in [3.63, 3.8) is 0 Å². The van der Waals surface area contributed by atoms with E-state index in [1.165, 1.54) is 28.8 Å². The van der Waals surface area contributed by atoms with Crippen molar-refractivity contribution in [3.8, 4) is 5.75 Å². The van der Waals surface area contributed by atoms with Gasteiger partial charge in [-0.2, -0.15) is 13.2 Å². The minimum Gasteiger partial charge on any atom is -0.494 e. The molecule has 3 rings (SSSR count). The summed E-state index contributed by atoms with van der Waals surface area (Å²) in [6.45, 7) is 3.78. The average Bonchev–Trinajstić information content (AvgIpc) is 2.78. The summed E-state index contributed by atoms with van der Waals surface area (Å²) < 4.78 is 44.1. The Morgan fingerprint density at radius 1 is 1.00 bits per heavy atom. The summed E-state index contributed by atoms with van der Waals surface area (Å²) in [4.78, 5) is 29.2. The first-order valence-electron chi connectivity index (χ1n) is 9.88. The number of alkyl halides is 3. The molecule has 1 aliphatic heterocycles. The van der Waals surface area contributed by atoms with Crippen LogP contribution in [-0.2, 0) is 11.0 Å². The van der Waals surface area contributed by atoms with E-state index < -0.39 is 17.6 Å². The quantitative estimate of drug-likeness (QED) is 0.617. The number of hydrogen-bond acceptors (Lipinski definition) is 4. The zero-order valence-corrected chi connectivity index (χ0v) is 17.8. The average molecular weight is 452 g/mol. The molecule has 166 valence electrons. The highest BCUT2D eigenvalue weighted by molar-refractivity contribution is 8.00. The van der Waals surface area contributed by atoms with Gasteiger partial charge in [-0.25, -0.2) is 0 Å². The predicted octanol–water partition coefficient (Wildman–Crippen LogP) is 4.18. The molecule has 0 saturated carbocycles. The normalized spacial score (nSPS) is 14.5. The molecule has 0 atom stereocenters. The van der Waals surface area contributed by atoms with Crippen LogP contribution < -0.4 is 4.74 Å². The van der Waals surface area contributed by atoms with Gasteiger partial charge in [0.05, 0.1) is 17.9 Å². The molecule has 5 nitrogen and oxygen atoms in total. The summed E-state index contributed by atoms with van der Waals surface area (Å²) in [5, 5.41) is 0. The van der Waals surface area contributed by atoms with Crippen molar-refractivity contribution in [2.75, 3.05) is 38.5 Å². The minimum atomic E-state index is -4.50. The van der Waals surface area contributed by atoms with Gasteiger partial charge in [-0.05, 0) is 49.4 Å². The molecule has 2 aromatic rings. The summed E-state index contributed by atoms with van der Waals surface area (Å²) in [5.41, 5.74) is -0.848. The van der Waals surface area contributed by atoms with E-state index in [0.29, 0.717) is 19.7 Å². The van der Waals surface area contributed by atoms with E-state index >= 15 is 0 Å². The van der Waals surface area contributed by atoms with E-state index in [-0.39, 0.29) is 30.3 Å². The Hall–Kier alpha value is -2.68. The van der Waals surface area contributed by atoms with Crippen molar-refractivity contribution >= 4 is 23.6 Å². The second-order valence-corrected chi connectivity index (χ2v) is 7.99. The number of piperazine rings is 1. The van der Waals surface area contributed by atoms with Crippen molar-refractivity contribution in [1.29, 1.82) is 0 Å². The van der Waals surface area contributed by atoms with Crippen molar-refractivity contribution in [2.24, 2.45) is 0 Å². The van der Waals surface area contributed by atoms with Gasteiger partial charge in [0.1, 0.15) is 5.75 Å². The van der Waals surface area contributed by atoms with Gasteiger partial charge >= 0.3 is 6.18 Å². The van der Waals surface area contributed by atoms with E-state index in [9.17, 15) is 22.8 Å². The third-order valence-corrected chi connectivity index (χ3v) is 5.85. The molecule has 9 heteroatoms. The number of benzene rings is 2. The molecule has 0 aromatic heterocycles. The number of hydrogen-bond donors (Lipinski definition) is 0.